The number of nitrogens with two attached hydrogens (primary N) is 1. The van der Waals surface area contributed by atoms with Crippen molar-refractivity contribution in [1.29, 1.82) is 0 Å². The molecule has 112 valence electrons. The molecule has 6 heteroatoms. The zero-order chi connectivity index (χ0) is 14.4. The highest BCUT2D eigenvalue weighted by Gasteiger charge is 2.21. The molecule has 0 amide bonds. The van der Waals surface area contributed by atoms with Crippen LogP contribution in [0.5, 0.6) is 5.88 Å². The van der Waals surface area contributed by atoms with Crippen LogP contribution in [0.1, 0.15) is 25.0 Å². The molecule has 0 spiro atoms. The van der Waals surface area contributed by atoms with Crippen molar-refractivity contribution in [3.8, 4) is 5.88 Å². The molecule has 2 rings (SSSR count). The summed E-state index contributed by atoms with van der Waals surface area (Å²) < 4.78 is 11.0. The second-order valence-corrected chi connectivity index (χ2v) is 5.05. The zero-order valence-corrected chi connectivity index (χ0v) is 12.3. The number of hydrogen-bond donors (Lipinski definition) is 1. The topological polar surface area (TPSA) is 73.5 Å². The van der Waals surface area contributed by atoms with Gasteiger partial charge in [-0.2, -0.15) is 4.98 Å². The van der Waals surface area contributed by atoms with Gasteiger partial charge in [0, 0.05) is 31.5 Å². The highest BCUT2D eigenvalue weighted by Crippen LogP contribution is 2.20. The molecular formula is C14H24N4O2. The van der Waals surface area contributed by atoms with Gasteiger partial charge >= 0.3 is 0 Å². The van der Waals surface area contributed by atoms with E-state index in [4.69, 9.17) is 15.2 Å². The van der Waals surface area contributed by atoms with Crippen LogP contribution in [0.15, 0.2) is 6.07 Å². The van der Waals surface area contributed by atoms with Gasteiger partial charge in [0.25, 0.3) is 0 Å². The van der Waals surface area contributed by atoms with Gasteiger partial charge in [-0.15, -0.1) is 0 Å². The van der Waals surface area contributed by atoms with Crippen molar-refractivity contribution in [2.75, 3.05) is 38.3 Å². The minimum absolute atomic E-state index is 0.338. The average Bonchev–Trinajstić information content (AvgIpc) is 2.47. The Balaban J connectivity index is 1.88. The maximum atomic E-state index is 5.80. The Hall–Kier alpha value is -1.40. The Morgan fingerprint density at radius 2 is 2.10 bits per heavy atom. The van der Waals surface area contributed by atoms with E-state index in [0.29, 0.717) is 18.5 Å². The summed E-state index contributed by atoms with van der Waals surface area (Å²) in [5, 5.41) is 0. The van der Waals surface area contributed by atoms with Crippen LogP contribution in [0.2, 0.25) is 0 Å². The lowest BCUT2D eigenvalue weighted by atomic mass is 10.1. The molecule has 1 fully saturated rings. The van der Waals surface area contributed by atoms with Crippen LogP contribution >= 0.6 is 0 Å². The van der Waals surface area contributed by atoms with Gasteiger partial charge in [0.1, 0.15) is 0 Å². The van der Waals surface area contributed by atoms with Gasteiger partial charge in [-0.3, -0.25) is 0 Å². The number of aromatic nitrogens is 2. The SMILES string of the molecule is COc1cc(C)nc(N2CCC(OCCCN)CC2)n1. The summed E-state index contributed by atoms with van der Waals surface area (Å²) in [6.45, 7) is 5.24. The van der Waals surface area contributed by atoms with Crippen molar-refractivity contribution < 1.29 is 9.47 Å². The Morgan fingerprint density at radius 1 is 1.35 bits per heavy atom. The van der Waals surface area contributed by atoms with Gasteiger partial charge < -0.3 is 20.1 Å². The summed E-state index contributed by atoms with van der Waals surface area (Å²) in [4.78, 5) is 11.1. The normalized spacial score (nSPS) is 16.4. The van der Waals surface area contributed by atoms with Gasteiger partial charge in [0.15, 0.2) is 0 Å². The minimum atomic E-state index is 0.338. The third-order valence-electron chi connectivity index (χ3n) is 3.45. The first-order valence-corrected chi connectivity index (χ1v) is 7.19. The lowest BCUT2D eigenvalue weighted by molar-refractivity contribution is 0.0364. The largest absolute Gasteiger partial charge is 0.481 e. The highest BCUT2D eigenvalue weighted by molar-refractivity contribution is 5.34. The lowest BCUT2D eigenvalue weighted by Crippen LogP contribution is -2.38. The standard InChI is InChI=1S/C14H24N4O2/c1-11-10-13(19-2)17-14(16-11)18-7-4-12(5-8-18)20-9-3-6-15/h10,12H,3-9,15H2,1-2H3. The number of nitrogens with zero attached hydrogens (tertiary/aromatic N) is 3. The summed E-state index contributed by atoms with van der Waals surface area (Å²) in [5.74, 6) is 1.37. The predicted octanol–water partition coefficient (Wildman–Crippen LogP) is 1.13. The number of aryl methyl sites for hydroxylation is 1. The van der Waals surface area contributed by atoms with Crippen LogP contribution in [-0.2, 0) is 4.74 Å². The van der Waals surface area contributed by atoms with Gasteiger partial charge in [-0.05, 0) is 32.7 Å². The van der Waals surface area contributed by atoms with Crippen LogP contribution in [0, 0.1) is 6.92 Å². The maximum Gasteiger partial charge on any atom is 0.228 e. The third kappa shape index (κ3) is 4.05. The first-order chi connectivity index (χ1) is 9.72. The quantitative estimate of drug-likeness (QED) is 0.787. The number of piperidine rings is 1. The molecule has 1 aromatic rings. The average molecular weight is 280 g/mol. The Kier molecular flexibility index (Phi) is 5.55. The maximum absolute atomic E-state index is 5.80. The van der Waals surface area contributed by atoms with Gasteiger partial charge in [0.05, 0.1) is 13.2 Å². The molecule has 0 radical (unpaired) electrons. The molecule has 1 saturated heterocycles. The molecule has 0 bridgehead atoms. The van der Waals surface area contributed by atoms with Crippen LogP contribution in [0.4, 0.5) is 5.95 Å². The monoisotopic (exact) mass is 280 g/mol. The van der Waals surface area contributed by atoms with E-state index in [1.807, 2.05) is 13.0 Å². The van der Waals surface area contributed by atoms with Crippen molar-refractivity contribution in [3.63, 3.8) is 0 Å². The summed E-state index contributed by atoms with van der Waals surface area (Å²) in [6.07, 6.45) is 3.27. The number of anilines is 1. The molecule has 0 unspecified atom stereocenters. The molecule has 6 nitrogen and oxygen atoms in total. The van der Waals surface area contributed by atoms with E-state index in [1.54, 1.807) is 7.11 Å². The molecule has 0 atom stereocenters. The van der Waals surface area contributed by atoms with E-state index in [-0.39, 0.29) is 0 Å². The third-order valence-corrected chi connectivity index (χ3v) is 3.45. The van der Waals surface area contributed by atoms with E-state index in [9.17, 15) is 0 Å². The van der Waals surface area contributed by atoms with Crippen molar-refractivity contribution in [2.45, 2.75) is 32.3 Å². The molecule has 0 saturated carbocycles. The lowest BCUT2D eigenvalue weighted by Gasteiger charge is -2.32. The number of ether oxygens (including phenoxy) is 2. The molecule has 0 aromatic carbocycles. The smallest absolute Gasteiger partial charge is 0.228 e. The summed E-state index contributed by atoms with van der Waals surface area (Å²) in [5.41, 5.74) is 6.39. The fourth-order valence-corrected chi connectivity index (χ4v) is 2.33. The van der Waals surface area contributed by atoms with Crippen LogP contribution in [-0.4, -0.2) is 49.4 Å². The van der Waals surface area contributed by atoms with E-state index in [0.717, 1.165) is 50.6 Å². The molecule has 1 aliphatic rings. The second-order valence-electron chi connectivity index (χ2n) is 5.05. The van der Waals surface area contributed by atoms with E-state index < -0.39 is 0 Å². The first-order valence-electron chi connectivity index (χ1n) is 7.19. The number of hydrogen-bond acceptors (Lipinski definition) is 6. The molecule has 2 heterocycles. The summed E-state index contributed by atoms with van der Waals surface area (Å²) >= 11 is 0. The molecular weight excluding hydrogens is 256 g/mol. The van der Waals surface area contributed by atoms with Crippen molar-refractivity contribution >= 4 is 5.95 Å². The van der Waals surface area contributed by atoms with Gasteiger partial charge in [-0.25, -0.2) is 4.98 Å². The van der Waals surface area contributed by atoms with Crippen molar-refractivity contribution in [1.82, 2.24) is 9.97 Å². The predicted molar refractivity (Wildman–Crippen MR) is 78.2 cm³/mol. The van der Waals surface area contributed by atoms with Crippen molar-refractivity contribution in [3.05, 3.63) is 11.8 Å². The van der Waals surface area contributed by atoms with E-state index in [1.165, 1.54) is 0 Å². The van der Waals surface area contributed by atoms with E-state index >= 15 is 0 Å². The Bertz CT molecular complexity index is 420. The zero-order valence-electron chi connectivity index (χ0n) is 12.3. The van der Waals surface area contributed by atoms with Gasteiger partial charge in [0.2, 0.25) is 11.8 Å². The van der Waals surface area contributed by atoms with Crippen LogP contribution in [0.25, 0.3) is 0 Å². The summed E-state index contributed by atoms with van der Waals surface area (Å²) in [7, 11) is 1.63. The van der Waals surface area contributed by atoms with Gasteiger partial charge in [-0.1, -0.05) is 0 Å². The minimum Gasteiger partial charge on any atom is -0.481 e. The fourth-order valence-electron chi connectivity index (χ4n) is 2.33. The molecule has 1 aromatic heterocycles. The number of rotatable bonds is 6. The van der Waals surface area contributed by atoms with E-state index in [2.05, 4.69) is 14.9 Å². The highest BCUT2D eigenvalue weighted by atomic mass is 16.5. The summed E-state index contributed by atoms with van der Waals surface area (Å²) in [6, 6.07) is 1.84. The Morgan fingerprint density at radius 3 is 2.75 bits per heavy atom. The molecule has 20 heavy (non-hydrogen) atoms. The van der Waals surface area contributed by atoms with Crippen LogP contribution < -0.4 is 15.4 Å². The Labute approximate surface area is 120 Å². The van der Waals surface area contributed by atoms with Crippen molar-refractivity contribution in [2.24, 2.45) is 5.73 Å². The first kappa shape index (κ1) is 15.0. The second kappa shape index (κ2) is 7.40. The molecule has 2 N–H and O–H groups in total. The molecule has 0 aliphatic carbocycles. The van der Waals surface area contributed by atoms with Crippen LogP contribution in [0.3, 0.4) is 0 Å². The molecule has 1 aliphatic heterocycles. The fraction of sp³-hybridized carbons (Fsp3) is 0.714. The number of methoxy groups -OCH3 is 1.